The molecule has 1 saturated carbocycles. The molecule has 0 aliphatic heterocycles. The number of nitrogens with zero attached hydrogens (tertiary/aromatic N) is 2. The van der Waals surface area contributed by atoms with E-state index in [1.165, 1.54) is 5.56 Å². The van der Waals surface area contributed by atoms with E-state index in [-0.39, 0.29) is 0 Å². The Hall–Kier alpha value is -2.14. The van der Waals surface area contributed by atoms with E-state index in [4.69, 9.17) is 10.5 Å². The Balaban J connectivity index is 1.82. The number of nitrogens with two attached hydrogens (primary N) is 1. The lowest BCUT2D eigenvalue weighted by Crippen LogP contribution is -2.05. The molecule has 0 radical (unpaired) electrons. The van der Waals surface area contributed by atoms with Crippen molar-refractivity contribution >= 4 is 17.3 Å². The maximum atomic E-state index is 5.89. The van der Waals surface area contributed by atoms with Gasteiger partial charge in [0.05, 0.1) is 6.61 Å². The molecule has 0 atom stereocenters. The minimum absolute atomic E-state index is 0.484. The average Bonchev–Trinajstić information content (AvgIpc) is 3.30. The van der Waals surface area contributed by atoms with Gasteiger partial charge in [0.25, 0.3) is 0 Å². The van der Waals surface area contributed by atoms with E-state index in [0.29, 0.717) is 18.3 Å². The lowest BCUT2D eigenvalue weighted by Gasteiger charge is -2.12. The van der Waals surface area contributed by atoms with Crippen LogP contribution in [0.4, 0.5) is 17.3 Å². The number of ether oxygens (including phenoxy) is 1. The fourth-order valence-electron chi connectivity index (χ4n) is 2.28. The van der Waals surface area contributed by atoms with Gasteiger partial charge >= 0.3 is 0 Å². The van der Waals surface area contributed by atoms with Gasteiger partial charge in [-0.1, -0.05) is 18.2 Å². The number of benzene rings is 1. The predicted octanol–water partition coefficient (Wildman–Crippen LogP) is 2.87. The lowest BCUT2D eigenvalue weighted by atomic mass is 10.1. The number of hydrogen-bond donors (Lipinski definition) is 2. The molecule has 3 N–H and O–H groups in total. The van der Waals surface area contributed by atoms with Gasteiger partial charge in [-0.2, -0.15) is 0 Å². The molecule has 5 nitrogen and oxygen atoms in total. The SMILES string of the molecule is COCCc1ccccc1Nc1cc(N)nc(C2CC2)n1. The van der Waals surface area contributed by atoms with Crippen LogP contribution < -0.4 is 11.1 Å². The van der Waals surface area contributed by atoms with E-state index >= 15 is 0 Å². The smallest absolute Gasteiger partial charge is 0.136 e. The molecule has 0 bridgehead atoms. The lowest BCUT2D eigenvalue weighted by molar-refractivity contribution is 0.202. The summed E-state index contributed by atoms with van der Waals surface area (Å²) in [5.74, 6) is 2.61. The van der Waals surface area contributed by atoms with Crippen molar-refractivity contribution in [1.29, 1.82) is 0 Å². The highest BCUT2D eigenvalue weighted by Gasteiger charge is 2.27. The molecule has 110 valence electrons. The molecule has 1 aromatic carbocycles. The molecule has 0 saturated heterocycles. The third kappa shape index (κ3) is 3.49. The van der Waals surface area contributed by atoms with Crippen molar-refractivity contribution in [2.75, 3.05) is 24.8 Å². The van der Waals surface area contributed by atoms with Crippen LogP contribution in [0.1, 0.15) is 30.1 Å². The first-order valence-electron chi connectivity index (χ1n) is 7.24. The molecular weight excluding hydrogens is 264 g/mol. The Morgan fingerprint density at radius 1 is 1.29 bits per heavy atom. The zero-order chi connectivity index (χ0) is 14.7. The fourth-order valence-corrected chi connectivity index (χ4v) is 2.28. The highest BCUT2D eigenvalue weighted by Crippen LogP contribution is 2.38. The van der Waals surface area contributed by atoms with Crippen molar-refractivity contribution in [3.05, 3.63) is 41.7 Å². The van der Waals surface area contributed by atoms with Gasteiger partial charge in [-0.25, -0.2) is 9.97 Å². The Morgan fingerprint density at radius 2 is 2.10 bits per heavy atom. The first kappa shape index (κ1) is 13.8. The summed E-state index contributed by atoms with van der Waals surface area (Å²) < 4.78 is 5.16. The maximum Gasteiger partial charge on any atom is 0.136 e. The van der Waals surface area contributed by atoms with Gasteiger partial charge in [-0.05, 0) is 30.9 Å². The predicted molar refractivity (Wildman–Crippen MR) is 83.7 cm³/mol. The monoisotopic (exact) mass is 284 g/mol. The number of hydrogen-bond acceptors (Lipinski definition) is 5. The van der Waals surface area contributed by atoms with Crippen molar-refractivity contribution in [2.24, 2.45) is 0 Å². The van der Waals surface area contributed by atoms with Crippen LogP contribution in [0.2, 0.25) is 0 Å². The summed E-state index contributed by atoms with van der Waals surface area (Å²) in [6, 6.07) is 9.94. The Bertz CT molecular complexity index is 625. The number of nitrogen functional groups attached to an aromatic ring is 1. The van der Waals surface area contributed by atoms with Crippen molar-refractivity contribution in [2.45, 2.75) is 25.2 Å². The zero-order valence-corrected chi connectivity index (χ0v) is 12.2. The van der Waals surface area contributed by atoms with Gasteiger partial charge < -0.3 is 15.8 Å². The summed E-state index contributed by atoms with van der Waals surface area (Å²) in [4.78, 5) is 8.89. The summed E-state index contributed by atoms with van der Waals surface area (Å²) in [5.41, 5.74) is 8.12. The largest absolute Gasteiger partial charge is 0.384 e. The van der Waals surface area contributed by atoms with Gasteiger partial charge in [-0.15, -0.1) is 0 Å². The van der Waals surface area contributed by atoms with Crippen LogP contribution in [0.15, 0.2) is 30.3 Å². The van der Waals surface area contributed by atoms with Crippen LogP contribution >= 0.6 is 0 Å². The van der Waals surface area contributed by atoms with E-state index in [2.05, 4.69) is 21.4 Å². The standard InChI is InChI=1S/C16H20N4O/c1-21-9-8-11-4-2-3-5-13(11)18-15-10-14(17)19-16(20-15)12-6-7-12/h2-5,10,12H,6-9H2,1H3,(H3,17,18,19,20). The summed E-state index contributed by atoms with van der Waals surface area (Å²) in [5, 5.41) is 3.36. The third-order valence-electron chi connectivity index (χ3n) is 3.56. The summed E-state index contributed by atoms with van der Waals surface area (Å²) in [7, 11) is 1.71. The van der Waals surface area contributed by atoms with E-state index in [1.54, 1.807) is 13.2 Å². The number of methoxy groups -OCH3 is 1. The first-order chi connectivity index (χ1) is 10.3. The third-order valence-corrected chi connectivity index (χ3v) is 3.56. The van der Waals surface area contributed by atoms with Gasteiger partial charge in [-0.3, -0.25) is 0 Å². The molecular formula is C16H20N4O. The van der Waals surface area contributed by atoms with Crippen LogP contribution in [0.25, 0.3) is 0 Å². The quantitative estimate of drug-likeness (QED) is 0.853. The topological polar surface area (TPSA) is 73.1 Å². The molecule has 0 amide bonds. The van der Waals surface area contributed by atoms with Gasteiger partial charge in [0.15, 0.2) is 0 Å². The average molecular weight is 284 g/mol. The number of rotatable bonds is 6. The first-order valence-corrected chi connectivity index (χ1v) is 7.24. The molecule has 5 heteroatoms. The molecule has 1 fully saturated rings. The molecule has 2 aromatic rings. The molecule has 0 unspecified atom stereocenters. The van der Waals surface area contributed by atoms with Crippen LogP contribution in [-0.2, 0) is 11.2 Å². The molecule has 1 heterocycles. The van der Waals surface area contributed by atoms with Crippen molar-refractivity contribution < 1.29 is 4.74 Å². The molecule has 0 spiro atoms. The van der Waals surface area contributed by atoms with Crippen LogP contribution in [0.5, 0.6) is 0 Å². The maximum absolute atomic E-state index is 5.89. The van der Waals surface area contributed by atoms with E-state index in [0.717, 1.165) is 36.6 Å². The second-order valence-corrected chi connectivity index (χ2v) is 5.34. The van der Waals surface area contributed by atoms with Gasteiger partial charge in [0.2, 0.25) is 0 Å². The number of nitrogens with one attached hydrogen (secondary N) is 1. The number of anilines is 3. The van der Waals surface area contributed by atoms with Crippen LogP contribution in [-0.4, -0.2) is 23.7 Å². The summed E-state index contributed by atoms with van der Waals surface area (Å²) in [6.07, 6.45) is 3.18. The second kappa shape index (κ2) is 6.10. The van der Waals surface area contributed by atoms with Crippen molar-refractivity contribution in [3.8, 4) is 0 Å². The van der Waals surface area contributed by atoms with Crippen molar-refractivity contribution in [3.63, 3.8) is 0 Å². The molecule has 1 aliphatic carbocycles. The fraction of sp³-hybridized carbons (Fsp3) is 0.375. The highest BCUT2D eigenvalue weighted by molar-refractivity contribution is 5.62. The summed E-state index contributed by atoms with van der Waals surface area (Å²) in [6.45, 7) is 0.692. The van der Waals surface area contributed by atoms with Gasteiger partial charge in [0, 0.05) is 24.8 Å². The number of para-hydroxylation sites is 1. The normalized spacial score (nSPS) is 14.1. The Morgan fingerprint density at radius 3 is 2.86 bits per heavy atom. The van der Waals surface area contributed by atoms with Gasteiger partial charge in [0.1, 0.15) is 17.5 Å². The van der Waals surface area contributed by atoms with E-state index in [9.17, 15) is 0 Å². The zero-order valence-electron chi connectivity index (χ0n) is 12.2. The van der Waals surface area contributed by atoms with Crippen molar-refractivity contribution in [1.82, 2.24) is 9.97 Å². The molecule has 3 rings (SSSR count). The molecule has 1 aliphatic rings. The van der Waals surface area contributed by atoms with Crippen LogP contribution in [0.3, 0.4) is 0 Å². The molecule has 21 heavy (non-hydrogen) atoms. The molecule has 1 aromatic heterocycles. The summed E-state index contributed by atoms with van der Waals surface area (Å²) >= 11 is 0. The minimum Gasteiger partial charge on any atom is -0.384 e. The Kier molecular flexibility index (Phi) is 4.01. The second-order valence-electron chi connectivity index (χ2n) is 5.34. The van der Waals surface area contributed by atoms with Crippen LogP contribution in [0, 0.1) is 0 Å². The van der Waals surface area contributed by atoms with E-state index in [1.807, 2.05) is 18.2 Å². The minimum atomic E-state index is 0.484. The Labute approximate surface area is 124 Å². The highest BCUT2D eigenvalue weighted by atomic mass is 16.5. The van der Waals surface area contributed by atoms with E-state index < -0.39 is 0 Å². The number of aromatic nitrogens is 2.